The van der Waals surface area contributed by atoms with E-state index in [0.717, 1.165) is 0 Å². The number of hydrogen-bond acceptors (Lipinski definition) is 0. The van der Waals surface area contributed by atoms with Crippen molar-refractivity contribution in [1.29, 1.82) is 0 Å². The summed E-state index contributed by atoms with van der Waals surface area (Å²) in [4.78, 5) is 0. The maximum atomic E-state index is 2.60. The van der Waals surface area contributed by atoms with E-state index in [2.05, 4.69) is 129 Å². The fraction of sp³-hybridized carbons (Fsp3) is 0.200. The fourth-order valence-electron chi connectivity index (χ4n) is 7.87. The Morgan fingerprint density at radius 3 is 2.14 bits per heavy atom. The van der Waals surface area contributed by atoms with Crippen LogP contribution in [0.25, 0.3) is 51.3 Å². The molecule has 0 bridgehead atoms. The van der Waals surface area contributed by atoms with E-state index >= 15 is 0 Å². The van der Waals surface area contributed by atoms with Crippen LogP contribution in [0.5, 0.6) is 0 Å². The zero-order valence-corrected chi connectivity index (χ0v) is 30.6. The van der Waals surface area contributed by atoms with Crippen molar-refractivity contribution in [3.05, 3.63) is 136 Å². The molecule has 8 rings (SSSR count). The van der Waals surface area contributed by atoms with Crippen molar-refractivity contribution in [2.75, 3.05) is 0 Å². The quantitative estimate of drug-likeness (QED) is 0.209. The Kier molecular flexibility index (Phi) is 9.11. The van der Waals surface area contributed by atoms with E-state index in [9.17, 15) is 0 Å². The molecule has 0 radical (unpaired) electrons. The van der Waals surface area contributed by atoms with Crippen LogP contribution in [0.4, 0.5) is 0 Å². The minimum atomic E-state index is -0.624. The topological polar surface area (TPSA) is 0 Å². The number of benzene rings is 5. The van der Waals surface area contributed by atoms with E-state index in [1.54, 1.807) is 22.3 Å². The number of fused-ring (bicyclic) bond motifs is 4. The van der Waals surface area contributed by atoms with Crippen LogP contribution in [-0.2, 0) is 22.4 Å². The summed E-state index contributed by atoms with van der Waals surface area (Å²) in [6.45, 7) is 7.51. The molecule has 3 aliphatic carbocycles. The molecule has 44 heavy (non-hydrogen) atoms. The van der Waals surface area contributed by atoms with Gasteiger partial charge in [-0.25, -0.2) is 0 Å². The van der Waals surface area contributed by atoms with Gasteiger partial charge in [-0.05, 0) is 0 Å². The predicted molar refractivity (Wildman–Crippen MR) is 180 cm³/mol. The van der Waals surface area contributed by atoms with Crippen molar-refractivity contribution in [2.24, 2.45) is 0 Å². The van der Waals surface area contributed by atoms with Crippen LogP contribution in [0, 0.1) is 0 Å². The molecule has 0 amide bonds. The van der Waals surface area contributed by atoms with Crippen molar-refractivity contribution in [1.82, 2.24) is 0 Å². The van der Waals surface area contributed by atoms with Crippen LogP contribution < -0.4 is 24.8 Å². The molecule has 2 atom stereocenters. The molecular formula is C40H36Cl2SiZr. The van der Waals surface area contributed by atoms with Gasteiger partial charge in [-0.1, -0.05) is 0 Å². The Labute approximate surface area is 286 Å². The minimum absolute atomic E-state index is 0. The first-order valence-corrected chi connectivity index (χ1v) is 24.3. The summed E-state index contributed by atoms with van der Waals surface area (Å²) in [5, 5.41) is 2.78. The zero-order chi connectivity index (χ0) is 28.4. The zero-order valence-electron chi connectivity index (χ0n) is 25.5. The second-order valence-electron chi connectivity index (χ2n) is 12.5. The molecule has 5 aromatic rings. The maximum Gasteiger partial charge on any atom is -1.00 e. The van der Waals surface area contributed by atoms with Crippen LogP contribution in [0.2, 0.25) is 13.1 Å². The van der Waals surface area contributed by atoms with E-state index in [-0.39, 0.29) is 24.8 Å². The van der Waals surface area contributed by atoms with E-state index in [1.807, 2.05) is 0 Å². The summed E-state index contributed by atoms with van der Waals surface area (Å²) in [5.41, 5.74) is 17.9. The molecule has 0 fully saturated rings. The molecule has 4 heteroatoms. The average Bonchev–Trinajstić information content (AvgIpc) is 3.69. The smallest absolute Gasteiger partial charge is 1.00 e. The Hall–Kier alpha value is -2.48. The number of rotatable bonds is 7. The molecule has 0 aromatic heterocycles. The number of unbranched alkanes of at least 4 members (excludes halogenated alkanes) is 1. The molecule has 0 saturated carbocycles. The summed E-state index contributed by atoms with van der Waals surface area (Å²) in [6.07, 6.45) is 10.8. The number of allylic oxidation sites excluding steroid dienone is 1. The molecule has 0 nitrogen and oxygen atoms in total. The van der Waals surface area contributed by atoms with Crippen molar-refractivity contribution < 1.29 is 47.2 Å². The van der Waals surface area contributed by atoms with E-state index < -0.39 is 28.3 Å². The second-order valence-corrected chi connectivity index (χ2v) is 27.6. The van der Waals surface area contributed by atoms with Gasteiger partial charge in [0.05, 0.1) is 0 Å². The van der Waals surface area contributed by atoms with Gasteiger partial charge < -0.3 is 24.8 Å². The first-order chi connectivity index (χ1) is 20.6. The molecule has 0 N–H and O–H groups in total. The van der Waals surface area contributed by atoms with Gasteiger partial charge >= 0.3 is 264 Å². The van der Waals surface area contributed by atoms with Gasteiger partial charge in [-0.3, -0.25) is 0 Å². The number of hydrogen-bond donors (Lipinski definition) is 0. The molecule has 3 aliphatic rings. The minimum Gasteiger partial charge on any atom is -1.00 e. The van der Waals surface area contributed by atoms with Gasteiger partial charge in [-0.2, -0.15) is 0 Å². The standard InChI is InChI=1S/C38H29.C2H7Si.2ClH.Zr/c1-2-3-9-27-23-36-30(31-21-20-25-19-18-24-11-6-15-32(31)37(24)25)14-8-17-34(36)38(27)33-16-7-13-29-28-12-5-4-10-26(28)22-35(29)33;1-3-2;;;/h4-8,10-23,38H,2-3,9H2,1H3;3H,1-2H3;2*1H;/q;;;;+2/p-2. The fourth-order valence-corrected chi connectivity index (χ4v) is 17.8. The van der Waals surface area contributed by atoms with Gasteiger partial charge in [0, 0.05) is 0 Å². The van der Waals surface area contributed by atoms with E-state index in [4.69, 9.17) is 0 Å². The molecule has 0 spiro atoms. The van der Waals surface area contributed by atoms with Gasteiger partial charge in [0.25, 0.3) is 0 Å². The average molecular weight is 707 g/mol. The van der Waals surface area contributed by atoms with Crippen LogP contribution in [-0.4, -0.2) is 5.92 Å². The molecule has 0 heterocycles. The molecule has 0 aliphatic heterocycles. The molecule has 2 unspecified atom stereocenters. The molecule has 0 saturated heterocycles. The van der Waals surface area contributed by atoms with Crippen LogP contribution >= 0.6 is 0 Å². The van der Waals surface area contributed by atoms with Gasteiger partial charge in [0.15, 0.2) is 0 Å². The SMILES string of the molecule is CCCCC1=Cc2c(-c3ccc4c5c(cccc35)C=C4)cccc2C1c1cccc2c1[CH]([Zr+2][SiH](C)C)c1ccccc1-2.[Cl-].[Cl-]. The van der Waals surface area contributed by atoms with Crippen molar-refractivity contribution in [3.8, 4) is 22.3 Å². The van der Waals surface area contributed by atoms with Gasteiger partial charge in [-0.15, -0.1) is 0 Å². The third-order valence-electron chi connectivity index (χ3n) is 9.61. The Bertz CT molecular complexity index is 1940. The van der Waals surface area contributed by atoms with Gasteiger partial charge in [0.2, 0.25) is 0 Å². The van der Waals surface area contributed by atoms with Crippen LogP contribution in [0.15, 0.2) is 96.6 Å². The Balaban J connectivity index is 0.00000171. The Morgan fingerprint density at radius 1 is 0.659 bits per heavy atom. The van der Waals surface area contributed by atoms with Crippen molar-refractivity contribution in [2.45, 2.75) is 48.8 Å². The summed E-state index contributed by atoms with van der Waals surface area (Å²) < 4.78 is 0.686. The third-order valence-corrected chi connectivity index (χ3v) is 19.5. The predicted octanol–water partition coefficient (Wildman–Crippen LogP) is 4.85. The molecule has 218 valence electrons. The first kappa shape index (κ1) is 31.5. The Morgan fingerprint density at radius 2 is 1.34 bits per heavy atom. The largest absolute Gasteiger partial charge is 1.00 e. The van der Waals surface area contributed by atoms with E-state index in [1.165, 1.54) is 74.5 Å². The summed E-state index contributed by atoms with van der Waals surface area (Å²) >= 11 is -0.557. The van der Waals surface area contributed by atoms with E-state index in [0.29, 0.717) is 9.54 Å². The van der Waals surface area contributed by atoms with Crippen LogP contribution in [0.3, 0.4) is 0 Å². The third kappa shape index (κ3) is 4.98. The maximum absolute atomic E-state index is 2.60. The summed E-state index contributed by atoms with van der Waals surface area (Å²) in [5.74, 6) is -0.272. The van der Waals surface area contributed by atoms with Crippen molar-refractivity contribution in [3.63, 3.8) is 0 Å². The number of halogens is 2. The van der Waals surface area contributed by atoms with Crippen LogP contribution in [0.1, 0.15) is 74.7 Å². The van der Waals surface area contributed by atoms with Crippen molar-refractivity contribution >= 4 is 34.9 Å². The monoisotopic (exact) mass is 704 g/mol. The summed E-state index contributed by atoms with van der Waals surface area (Å²) in [7, 11) is 0. The normalized spacial score (nSPS) is 16.6. The summed E-state index contributed by atoms with van der Waals surface area (Å²) in [6, 6.07) is 35.2. The molecule has 5 aromatic carbocycles. The second kappa shape index (κ2) is 12.7. The van der Waals surface area contributed by atoms with Gasteiger partial charge in [0.1, 0.15) is 0 Å². The first-order valence-electron chi connectivity index (χ1n) is 15.7. The molecular weight excluding hydrogens is 671 g/mol.